The quantitative estimate of drug-likeness (QED) is 0.663. The summed E-state index contributed by atoms with van der Waals surface area (Å²) < 4.78 is 10.5. The van der Waals surface area contributed by atoms with Gasteiger partial charge in [-0.25, -0.2) is 4.79 Å². The zero-order valence-corrected chi connectivity index (χ0v) is 18.0. The molecule has 1 amide bonds. The number of nitrogens with one attached hydrogen (secondary N) is 1. The Kier molecular flexibility index (Phi) is 9.73. The smallest absolute Gasteiger partial charge is 0.411 e. The lowest BCUT2D eigenvalue weighted by Crippen LogP contribution is -2.49. The summed E-state index contributed by atoms with van der Waals surface area (Å²) >= 11 is 0. The van der Waals surface area contributed by atoms with E-state index in [4.69, 9.17) is 9.47 Å². The number of amides is 1. The molecule has 30 heavy (non-hydrogen) atoms. The van der Waals surface area contributed by atoms with Crippen LogP contribution >= 0.6 is 12.4 Å². The number of carbonyl (C=O) groups excluding carboxylic acids is 1. The maximum absolute atomic E-state index is 11.4. The van der Waals surface area contributed by atoms with E-state index in [2.05, 4.69) is 39.4 Å². The monoisotopic (exact) mass is 435 g/mol. The van der Waals surface area contributed by atoms with Crippen molar-refractivity contribution in [3.8, 4) is 5.75 Å². The second-order valence-electron chi connectivity index (χ2n) is 6.96. The van der Waals surface area contributed by atoms with Crippen molar-refractivity contribution in [2.45, 2.75) is 13.0 Å². The van der Waals surface area contributed by atoms with Gasteiger partial charge in [0, 0.05) is 44.1 Å². The standard InChI is InChI=1S/C22H29N3O4.ClH/c1-2-28-22(27)23-18-8-10-21(11-9-18)29-17-20(26)16-24-12-14-25(15-13-24)19-6-4-3-5-7-19;/h3-11,20,26H,2,12-17H2,1H3,(H,23,27);1H. The summed E-state index contributed by atoms with van der Waals surface area (Å²) in [7, 11) is 0. The first-order valence-corrected chi connectivity index (χ1v) is 10.0. The molecule has 1 heterocycles. The first-order chi connectivity index (χ1) is 14.1. The lowest BCUT2D eigenvalue weighted by Gasteiger charge is -2.36. The second-order valence-corrected chi connectivity index (χ2v) is 6.96. The topological polar surface area (TPSA) is 74.3 Å². The highest BCUT2D eigenvalue weighted by atomic mass is 35.5. The van der Waals surface area contributed by atoms with Crippen molar-refractivity contribution >= 4 is 29.9 Å². The van der Waals surface area contributed by atoms with Gasteiger partial charge in [-0.2, -0.15) is 0 Å². The molecule has 164 valence electrons. The van der Waals surface area contributed by atoms with Gasteiger partial charge < -0.3 is 19.5 Å². The van der Waals surface area contributed by atoms with Crippen molar-refractivity contribution in [2.24, 2.45) is 0 Å². The summed E-state index contributed by atoms with van der Waals surface area (Å²) in [6.07, 6.45) is -1.04. The molecule has 0 bridgehead atoms. The normalized spacial score (nSPS) is 15.1. The Labute approximate surface area is 184 Å². The lowest BCUT2D eigenvalue weighted by atomic mass is 10.2. The molecule has 0 aromatic heterocycles. The highest BCUT2D eigenvalue weighted by molar-refractivity contribution is 5.85. The second kappa shape index (κ2) is 12.3. The minimum Gasteiger partial charge on any atom is -0.491 e. The Morgan fingerprint density at radius 2 is 1.73 bits per heavy atom. The van der Waals surface area contributed by atoms with Crippen LogP contribution in [0.4, 0.5) is 16.2 Å². The lowest BCUT2D eigenvalue weighted by molar-refractivity contribution is 0.0663. The molecule has 2 N–H and O–H groups in total. The number of carbonyl (C=O) groups is 1. The molecule has 7 nitrogen and oxygen atoms in total. The first-order valence-electron chi connectivity index (χ1n) is 10.0. The van der Waals surface area contributed by atoms with Crippen LogP contribution in [0.2, 0.25) is 0 Å². The summed E-state index contributed by atoms with van der Waals surface area (Å²) in [5.41, 5.74) is 1.88. The van der Waals surface area contributed by atoms with Crippen molar-refractivity contribution in [3.63, 3.8) is 0 Å². The number of hydrogen-bond acceptors (Lipinski definition) is 6. The predicted molar refractivity (Wildman–Crippen MR) is 121 cm³/mol. The summed E-state index contributed by atoms with van der Waals surface area (Å²) in [6.45, 7) is 6.63. The third-order valence-corrected chi connectivity index (χ3v) is 4.78. The van der Waals surface area contributed by atoms with E-state index in [1.54, 1.807) is 31.2 Å². The highest BCUT2D eigenvalue weighted by Gasteiger charge is 2.19. The number of hydrogen-bond donors (Lipinski definition) is 2. The van der Waals surface area contributed by atoms with Crippen molar-refractivity contribution < 1.29 is 19.4 Å². The molecule has 8 heteroatoms. The van der Waals surface area contributed by atoms with Gasteiger partial charge >= 0.3 is 6.09 Å². The van der Waals surface area contributed by atoms with Crippen LogP contribution in [0.1, 0.15) is 6.92 Å². The maximum atomic E-state index is 11.4. The van der Waals surface area contributed by atoms with Gasteiger partial charge in [-0.3, -0.25) is 10.2 Å². The summed E-state index contributed by atoms with van der Waals surface area (Å²) in [5.74, 6) is 0.646. The number of anilines is 2. The molecule has 1 saturated heterocycles. The van der Waals surface area contributed by atoms with Crippen LogP contribution in [0.25, 0.3) is 0 Å². The van der Waals surface area contributed by atoms with Crippen molar-refractivity contribution in [1.82, 2.24) is 4.90 Å². The molecule has 0 radical (unpaired) electrons. The number of piperazine rings is 1. The number of β-amino-alcohol motifs (C(OH)–C–C–N with tert-alkyl or cyclic N) is 1. The Bertz CT molecular complexity index is 753. The van der Waals surface area contributed by atoms with Gasteiger partial charge in [-0.05, 0) is 43.3 Å². The number of nitrogens with zero attached hydrogens (tertiary/aromatic N) is 2. The first kappa shape index (κ1) is 23.8. The molecule has 1 aliphatic rings. The molecule has 0 spiro atoms. The Hall–Kier alpha value is -2.48. The fraction of sp³-hybridized carbons (Fsp3) is 0.409. The van der Waals surface area contributed by atoms with Crippen LogP contribution in [0.15, 0.2) is 54.6 Å². The summed E-state index contributed by atoms with van der Waals surface area (Å²) in [6, 6.07) is 17.4. The van der Waals surface area contributed by atoms with Crippen LogP contribution in [-0.2, 0) is 4.74 Å². The van der Waals surface area contributed by atoms with E-state index in [0.717, 1.165) is 26.2 Å². The molecule has 1 unspecified atom stereocenters. The van der Waals surface area contributed by atoms with E-state index < -0.39 is 12.2 Å². The molecule has 3 rings (SSSR count). The van der Waals surface area contributed by atoms with E-state index in [-0.39, 0.29) is 19.0 Å². The van der Waals surface area contributed by atoms with Gasteiger partial charge in [-0.15, -0.1) is 12.4 Å². The minimum absolute atomic E-state index is 0. The van der Waals surface area contributed by atoms with E-state index in [1.165, 1.54) is 5.69 Å². The number of ether oxygens (including phenoxy) is 2. The van der Waals surface area contributed by atoms with E-state index in [0.29, 0.717) is 24.6 Å². The van der Waals surface area contributed by atoms with E-state index >= 15 is 0 Å². The maximum Gasteiger partial charge on any atom is 0.411 e. The van der Waals surface area contributed by atoms with Gasteiger partial charge in [0.15, 0.2) is 0 Å². The van der Waals surface area contributed by atoms with Gasteiger partial charge in [0.2, 0.25) is 0 Å². The molecule has 0 saturated carbocycles. The van der Waals surface area contributed by atoms with Gasteiger partial charge in [-0.1, -0.05) is 18.2 Å². The number of para-hydroxylation sites is 1. The molecule has 2 aromatic rings. The average Bonchev–Trinajstić information content (AvgIpc) is 2.75. The van der Waals surface area contributed by atoms with E-state index in [1.807, 2.05) is 6.07 Å². The SMILES string of the molecule is CCOC(=O)Nc1ccc(OCC(O)CN2CCN(c3ccccc3)CC2)cc1.Cl. The third-order valence-electron chi connectivity index (χ3n) is 4.78. The molecule has 1 aliphatic heterocycles. The van der Waals surface area contributed by atoms with Crippen LogP contribution in [-0.4, -0.2) is 68.1 Å². The Morgan fingerprint density at radius 1 is 1.07 bits per heavy atom. The highest BCUT2D eigenvalue weighted by Crippen LogP contribution is 2.17. The largest absolute Gasteiger partial charge is 0.491 e. The number of rotatable bonds is 8. The van der Waals surface area contributed by atoms with Crippen LogP contribution in [0.3, 0.4) is 0 Å². The molecule has 2 aromatic carbocycles. The number of benzene rings is 2. The number of halogens is 1. The number of aliphatic hydroxyl groups excluding tert-OH is 1. The predicted octanol–water partition coefficient (Wildman–Crippen LogP) is 3.24. The van der Waals surface area contributed by atoms with Crippen molar-refractivity contribution in [2.75, 3.05) is 56.2 Å². The fourth-order valence-electron chi connectivity index (χ4n) is 3.29. The molecule has 0 aliphatic carbocycles. The number of aliphatic hydroxyl groups is 1. The molecule has 1 atom stereocenters. The molecular formula is C22H30ClN3O4. The zero-order chi connectivity index (χ0) is 20.5. The van der Waals surface area contributed by atoms with Crippen molar-refractivity contribution in [1.29, 1.82) is 0 Å². The van der Waals surface area contributed by atoms with Gasteiger partial charge in [0.25, 0.3) is 0 Å². The zero-order valence-electron chi connectivity index (χ0n) is 17.2. The molecule has 1 fully saturated rings. The minimum atomic E-state index is -0.560. The summed E-state index contributed by atoms with van der Waals surface area (Å²) in [4.78, 5) is 16.0. The molecular weight excluding hydrogens is 406 g/mol. The van der Waals surface area contributed by atoms with Crippen molar-refractivity contribution in [3.05, 3.63) is 54.6 Å². The Morgan fingerprint density at radius 3 is 2.37 bits per heavy atom. The van der Waals surface area contributed by atoms with Crippen LogP contribution in [0.5, 0.6) is 5.75 Å². The fourth-order valence-corrected chi connectivity index (χ4v) is 3.29. The van der Waals surface area contributed by atoms with Crippen LogP contribution in [0, 0.1) is 0 Å². The average molecular weight is 436 g/mol. The van der Waals surface area contributed by atoms with Crippen LogP contribution < -0.4 is 15.0 Å². The van der Waals surface area contributed by atoms with Gasteiger partial charge in [0.05, 0.1) is 6.61 Å². The van der Waals surface area contributed by atoms with E-state index in [9.17, 15) is 9.90 Å². The van der Waals surface area contributed by atoms with Gasteiger partial charge in [0.1, 0.15) is 18.5 Å². The summed E-state index contributed by atoms with van der Waals surface area (Å²) in [5, 5.41) is 13.0. The Balaban J connectivity index is 0.00000320. The third kappa shape index (κ3) is 7.40.